The number of aromatic nitrogens is 2. The molecular weight excluding hydrogens is 865 g/mol. The fourth-order valence-electron chi connectivity index (χ4n) is 10.2. The molecule has 0 fully saturated rings. The Bertz CT molecular complexity index is 3220. The largest absolute Gasteiger partial charge is 0.457 e. The molecule has 2 aromatic heterocycles. The molecule has 0 bridgehead atoms. The van der Waals surface area contributed by atoms with Crippen molar-refractivity contribution >= 4 is 33.2 Å². The van der Waals surface area contributed by atoms with Crippen molar-refractivity contribution < 1.29 is 4.74 Å². The summed E-state index contributed by atoms with van der Waals surface area (Å²) < 4.78 is 9.41. The number of benzene rings is 6. The van der Waals surface area contributed by atoms with Gasteiger partial charge in [-0.15, -0.1) is 0 Å². The second kappa shape index (κ2) is 17.6. The van der Waals surface area contributed by atoms with E-state index in [0.717, 1.165) is 34.0 Å². The summed E-state index contributed by atoms with van der Waals surface area (Å²) in [6.45, 7) is 37.5. The molecule has 8 aromatic rings. The van der Waals surface area contributed by atoms with Crippen LogP contribution in [0.1, 0.15) is 150 Å². The Labute approximate surface area is 425 Å². The molecule has 0 amide bonds. The zero-order chi connectivity index (χ0) is 51.1. The minimum Gasteiger partial charge on any atom is -0.457 e. The van der Waals surface area contributed by atoms with Crippen molar-refractivity contribution in [2.24, 2.45) is 5.41 Å². The van der Waals surface area contributed by atoms with E-state index in [1.165, 1.54) is 61.1 Å². The van der Waals surface area contributed by atoms with E-state index in [0.29, 0.717) is 6.67 Å². The summed E-state index contributed by atoms with van der Waals surface area (Å²) in [5.74, 6) is 2.49. The molecule has 0 atom stereocenters. The topological polar surface area (TPSA) is 33.5 Å². The summed E-state index contributed by atoms with van der Waals surface area (Å²) in [5, 5.41) is 2.39. The normalized spacial score (nSPS) is 14.2. The van der Waals surface area contributed by atoms with Crippen LogP contribution in [0, 0.1) is 5.41 Å². The van der Waals surface area contributed by atoms with Crippen LogP contribution in [0.3, 0.4) is 0 Å². The van der Waals surface area contributed by atoms with Gasteiger partial charge in [0, 0.05) is 68.6 Å². The van der Waals surface area contributed by atoms with Gasteiger partial charge in [-0.1, -0.05) is 184 Å². The average Bonchev–Trinajstić information content (AvgIpc) is 3.92. The molecule has 0 radical (unpaired) electrons. The highest BCUT2D eigenvalue weighted by atomic mass is 16.5. The second-order valence-electron chi connectivity index (χ2n) is 25.3. The molecule has 0 N–H and O–H groups in total. The lowest BCUT2D eigenvalue weighted by Gasteiger charge is -2.34. The fraction of sp³-hybridized carbons (Fsp3) is 0.348. The van der Waals surface area contributed by atoms with E-state index in [1.807, 2.05) is 6.20 Å². The molecule has 0 unspecified atom stereocenters. The number of hydrogen-bond donors (Lipinski definition) is 0. The molecule has 1 aliphatic rings. The monoisotopic (exact) mass is 941 g/mol. The Balaban J connectivity index is 1.15. The molecule has 0 saturated carbocycles. The van der Waals surface area contributed by atoms with Gasteiger partial charge in [0.25, 0.3) is 0 Å². The highest BCUT2D eigenvalue weighted by Gasteiger charge is 2.35. The lowest BCUT2D eigenvalue weighted by molar-refractivity contribution is 0.477. The van der Waals surface area contributed by atoms with Gasteiger partial charge >= 0.3 is 0 Å². The number of pyridine rings is 1. The van der Waals surface area contributed by atoms with Crippen LogP contribution in [0.25, 0.3) is 27.6 Å². The van der Waals surface area contributed by atoms with Crippen molar-refractivity contribution in [3.05, 3.63) is 203 Å². The number of allylic oxidation sites excluding steroid dienone is 1. The van der Waals surface area contributed by atoms with Gasteiger partial charge < -0.3 is 14.5 Å². The van der Waals surface area contributed by atoms with E-state index < -0.39 is 0 Å². The maximum atomic E-state index is 7.09. The minimum absolute atomic E-state index is 0.00576. The number of hydrogen-bond acceptors (Lipinski definition) is 4. The van der Waals surface area contributed by atoms with Gasteiger partial charge in [-0.3, -0.25) is 4.57 Å². The molecule has 5 heteroatoms. The fourth-order valence-corrected chi connectivity index (χ4v) is 10.2. The maximum Gasteiger partial charge on any atom is 0.137 e. The highest BCUT2D eigenvalue weighted by Crippen LogP contribution is 2.45. The van der Waals surface area contributed by atoms with Gasteiger partial charge in [-0.2, -0.15) is 0 Å². The molecule has 366 valence electrons. The standard InChI is InChI=1S/C66H76N4O/c1-61(2,3)46-27-30-57-56(38-46)55-29-28-53(41-58(55)70(57)60-39-47(31-32-67-60)62(4,5)6)71-54-37-48(63(7,8)9)34-52(40-54)69-43-68(42-59(69)64(10,11)12)51-35-49(65(13,14)44-23-19-17-20-24-44)33-50(36-51)66(15,16)45-25-21-18-22-26-45/h17-42H,43H2,1-16H3. The number of nitrogens with zero attached hydrogens (tertiary/aromatic N) is 4. The Morgan fingerprint density at radius 1 is 0.408 bits per heavy atom. The van der Waals surface area contributed by atoms with Gasteiger partial charge in [-0.25, -0.2) is 4.98 Å². The molecule has 71 heavy (non-hydrogen) atoms. The van der Waals surface area contributed by atoms with E-state index in [4.69, 9.17) is 9.72 Å². The second-order valence-corrected chi connectivity index (χ2v) is 25.3. The third-order valence-corrected chi connectivity index (χ3v) is 15.1. The third kappa shape index (κ3) is 9.65. The van der Waals surface area contributed by atoms with E-state index in [-0.39, 0.29) is 32.5 Å². The van der Waals surface area contributed by atoms with Crippen molar-refractivity contribution in [2.45, 2.75) is 138 Å². The zero-order valence-electron chi connectivity index (χ0n) is 45.4. The lowest BCUT2D eigenvalue weighted by atomic mass is 9.73. The van der Waals surface area contributed by atoms with Crippen LogP contribution >= 0.6 is 0 Å². The first-order valence-corrected chi connectivity index (χ1v) is 25.6. The van der Waals surface area contributed by atoms with Crippen LogP contribution in [0.2, 0.25) is 0 Å². The zero-order valence-corrected chi connectivity index (χ0v) is 45.4. The third-order valence-electron chi connectivity index (χ3n) is 15.1. The van der Waals surface area contributed by atoms with Crippen molar-refractivity contribution in [3.8, 4) is 17.3 Å². The molecule has 3 heterocycles. The van der Waals surface area contributed by atoms with Crippen LogP contribution in [0.15, 0.2) is 164 Å². The number of rotatable bonds is 9. The molecule has 9 rings (SSSR count). The summed E-state index contributed by atoms with van der Waals surface area (Å²) in [6.07, 6.45) is 4.34. The molecule has 0 saturated heterocycles. The van der Waals surface area contributed by atoms with Gasteiger partial charge in [0.05, 0.1) is 17.7 Å². The average molecular weight is 941 g/mol. The molecule has 6 aromatic carbocycles. The Morgan fingerprint density at radius 3 is 1.54 bits per heavy atom. The SMILES string of the molecule is CC(C)(C)C1=CN(c2cc(C(C)(C)c3ccccc3)cc(C(C)(C)c3ccccc3)c2)CN1c1cc(Oc2ccc3c4cc(C(C)(C)C)ccc4n(-c4cc(C(C)(C)C)ccn4)c3c2)cc(C(C)(C)C)c1. The molecular formula is C66H76N4O. The molecule has 0 spiro atoms. The first-order valence-electron chi connectivity index (χ1n) is 25.6. The highest BCUT2D eigenvalue weighted by molar-refractivity contribution is 6.09. The van der Waals surface area contributed by atoms with Gasteiger partial charge in [0.2, 0.25) is 0 Å². The smallest absolute Gasteiger partial charge is 0.137 e. The first-order chi connectivity index (χ1) is 33.2. The predicted molar refractivity (Wildman–Crippen MR) is 302 cm³/mol. The summed E-state index contributed by atoms with van der Waals surface area (Å²) in [6, 6.07) is 53.9. The molecule has 0 aliphatic carbocycles. The number of fused-ring (bicyclic) bond motifs is 3. The summed E-state index contributed by atoms with van der Waals surface area (Å²) in [5.41, 5.74) is 13.9. The van der Waals surface area contributed by atoms with Gasteiger partial charge in [-0.05, 0) is 116 Å². The predicted octanol–water partition coefficient (Wildman–Crippen LogP) is 17.7. The van der Waals surface area contributed by atoms with Gasteiger partial charge in [0.1, 0.15) is 17.3 Å². The van der Waals surface area contributed by atoms with E-state index >= 15 is 0 Å². The first kappa shape index (κ1) is 49.4. The lowest BCUT2D eigenvalue weighted by Crippen LogP contribution is -2.31. The summed E-state index contributed by atoms with van der Waals surface area (Å²) in [7, 11) is 0. The van der Waals surface area contributed by atoms with E-state index in [1.54, 1.807) is 0 Å². The summed E-state index contributed by atoms with van der Waals surface area (Å²) >= 11 is 0. The van der Waals surface area contributed by atoms with E-state index in [9.17, 15) is 0 Å². The van der Waals surface area contributed by atoms with E-state index in [2.05, 4.69) is 277 Å². The van der Waals surface area contributed by atoms with Crippen molar-refractivity contribution in [1.82, 2.24) is 9.55 Å². The van der Waals surface area contributed by atoms with Crippen LogP contribution in [-0.2, 0) is 27.1 Å². The van der Waals surface area contributed by atoms with Crippen molar-refractivity contribution in [3.63, 3.8) is 0 Å². The number of anilines is 2. The summed E-state index contributed by atoms with van der Waals surface area (Å²) in [4.78, 5) is 9.96. The van der Waals surface area contributed by atoms with Crippen LogP contribution < -0.4 is 14.5 Å². The van der Waals surface area contributed by atoms with Crippen molar-refractivity contribution in [2.75, 3.05) is 16.5 Å². The number of ether oxygens (including phenoxy) is 1. The maximum absolute atomic E-state index is 7.09. The van der Waals surface area contributed by atoms with Crippen LogP contribution in [-0.4, -0.2) is 16.2 Å². The Kier molecular flexibility index (Phi) is 12.3. The molecule has 1 aliphatic heterocycles. The quantitative estimate of drug-likeness (QED) is 0.144. The van der Waals surface area contributed by atoms with Crippen LogP contribution in [0.4, 0.5) is 11.4 Å². The minimum atomic E-state index is -0.234. The van der Waals surface area contributed by atoms with Crippen molar-refractivity contribution in [1.29, 1.82) is 0 Å². The molecule has 5 nitrogen and oxygen atoms in total. The van der Waals surface area contributed by atoms with Gasteiger partial charge in [0.15, 0.2) is 0 Å². The van der Waals surface area contributed by atoms with Crippen LogP contribution in [0.5, 0.6) is 11.5 Å². The Morgan fingerprint density at radius 2 is 0.972 bits per heavy atom. The Hall–Kier alpha value is -6.59.